The van der Waals surface area contributed by atoms with Crippen molar-refractivity contribution < 1.29 is 23.1 Å². The molecular formula is C34H37N3O5S. The number of amides is 1. The first kappa shape index (κ1) is 29.1. The van der Waals surface area contributed by atoms with E-state index in [4.69, 9.17) is 0 Å². The number of benzene rings is 3. The molecule has 1 saturated carbocycles. The maximum absolute atomic E-state index is 13.8. The smallest absolute Gasteiger partial charge is 0.308 e. The summed E-state index contributed by atoms with van der Waals surface area (Å²) in [5, 5.41) is 10.5. The molecule has 4 aromatic rings. The van der Waals surface area contributed by atoms with Crippen molar-refractivity contribution in [2.24, 2.45) is 18.9 Å². The Kier molecular flexibility index (Phi) is 8.11. The second-order valence-corrected chi connectivity index (χ2v) is 13.6. The van der Waals surface area contributed by atoms with Crippen molar-refractivity contribution in [1.29, 1.82) is 0 Å². The zero-order valence-corrected chi connectivity index (χ0v) is 25.0. The molecule has 2 heterocycles. The molecule has 0 radical (unpaired) electrons. The van der Waals surface area contributed by atoms with Gasteiger partial charge in [-0.2, -0.15) is 0 Å². The molecule has 1 saturated heterocycles. The van der Waals surface area contributed by atoms with Gasteiger partial charge in [-0.3, -0.25) is 9.59 Å². The van der Waals surface area contributed by atoms with Gasteiger partial charge in [0.1, 0.15) is 0 Å². The van der Waals surface area contributed by atoms with Gasteiger partial charge < -0.3 is 14.6 Å². The van der Waals surface area contributed by atoms with Crippen LogP contribution >= 0.6 is 0 Å². The van der Waals surface area contributed by atoms with Crippen LogP contribution in [0.5, 0.6) is 0 Å². The number of rotatable bonds is 7. The number of hydrogen-bond donors (Lipinski definition) is 2. The van der Waals surface area contributed by atoms with E-state index >= 15 is 0 Å². The molecule has 2 fully saturated rings. The number of carboxylic acids is 1. The first-order valence-electron chi connectivity index (χ1n) is 15.0. The van der Waals surface area contributed by atoms with E-state index in [0.29, 0.717) is 38.5 Å². The number of carbonyl (C=O) groups is 2. The molecule has 1 aliphatic carbocycles. The lowest BCUT2D eigenvalue weighted by Crippen LogP contribution is -2.48. The minimum absolute atomic E-state index is 0.0233. The lowest BCUT2D eigenvalue weighted by Gasteiger charge is -2.41. The van der Waals surface area contributed by atoms with Gasteiger partial charge in [-0.1, -0.05) is 60.7 Å². The number of piperidine rings is 1. The van der Waals surface area contributed by atoms with Crippen molar-refractivity contribution >= 4 is 32.8 Å². The minimum Gasteiger partial charge on any atom is -0.481 e. The normalized spacial score (nSPS) is 22.9. The summed E-state index contributed by atoms with van der Waals surface area (Å²) in [6.45, 7) is 0.203. The molecule has 2 unspecified atom stereocenters. The van der Waals surface area contributed by atoms with Crippen molar-refractivity contribution in [3.63, 3.8) is 0 Å². The Morgan fingerprint density at radius 3 is 2.14 bits per heavy atom. The molecule has 3 aromatic carbocycles. The second-order valence-electron chi connectivity index (χ2n) is 11.9. The number of nitrogens with zero attached hydrogens (tertiary/aromatic N) is 2. The highest BCUT2D eigenvalue weighted by molar-refractivity contribution is 7.89. The highest BCUT2D eigenvalue weighted by Gasteiger charge is 2.39. The number of aryl methyl sites for hydroxylation is 1. The Bertz CT molecular complexity index is 1730. The Morgan fingerprint density at radius 1 is 0.814 bits per heavy atom. The molecule has 2 aliphatic rings. The number of carbonyl (C=O) groups excluding carboxylic acids is 1. The van der Waals surface area contributed by atoms with Gasteiger partial charge in [0.15, 0.2) is 0 Å². The summed E-state index contributed by atoms with van der Waals surface area (Å²) in [4.78, 5) is 27.5. The van der Waals surface area contributed by atoms with Gasteiger partial charge in [0.2, 0.25) is 15.9 Å². The topological polar surface area (TPSA) is 109 Å². The number of likely N-dealkylation sites (tertiary alicyclic amines) is 1. The number of carboxylic acid groups (broad SMARTS) is 1. The van der Waals surface area contributed by atoms with Crippen LogP contribution in [0.25, 0.3) is 22.2 Å². The fourth-order valence-electron chi connectivity index (χ4n) is 6.80. The molecule has 1 amide bonds. The average Bonchev–Trinajstić information content (AvgIpc) is 3.37. The van der Waals surface area contributed by atoms with Crippen LogP contribution in [0.3, 0.4) is 0 Å². The van der Waals surface area contributed by atoms with E-state index in [1.807, 2.05) is 79.8 Å². The Morgan fingerprint density at radius 2 is 1.47 bits per heavy atom. The fraction of sp³-hybridized carbons (Fsp3) is 0.353. The van der Waals surface area contributed by atoms with Crippen LogP contribution in [0.4, 0.5) is 0 Å². The summed E-state index contributed by atoms with van der Waals surface area (Å²) in [7, 11) is -1.78. The third-order valence-electron chi connectivity index (χ3n) is 9.19. The molecule has 0 spiro atoms. The molecule has 1 aliphatic heterocycles. The van der Waals surface area contributed by atoms with Crippen LogP contribution in [0.1, 0.15) is 50.1 Å². The average molecular weight is 600 g/mol. The van der Waals surface area contributed by atoms with E-state index in [1.165, 1.54) is 0 Å². The molecule has 0 bridgehead atoms. The standard InChI is InChI=1S/C34H37N3O5S/c1-36-30-19-17-29(20-27(30)21-32(36)24-10-6-3-7-11-24)43(41,42)35-28-15-12-25(13-16-28)33(38)37-22-26(34(39)40)14-18-31(37)23-8-4-2-5-9-23/h2-11,17,19-21,25-26,28,31,35H,12-16,18,22H2,1H3,(H,39,40)/t25-,26?,28-,31?. The fourth-order valence-corrected chi connectivity index (χ4v) is 8.14. The van der Waals surface area contributed by atoms with Crippen LogP contribution in [-0.2, 0) is 26.7 Å². The lowest BCUT2D eigenvalue weighted by atomic mass is 9.83. The number of hydrogen-bond acceptors (Lipinski definition) is 4. The van der Waals surface area contributed by atoms with Gasteiger partial charge in [-0.05, 0) is 73.9 Å². The Labute approximate surface area is 252 Å². The Hall–Kier alpha value is -3.95. The molecule has 2 atom stereocenters. The van der Waals surface area contributed by atoms with Crippen molar-refractivity contribution in [1.82, 2.24) is 14.2 Å². The molecule has 8 nitrogen and oxygen atoms in total. The van der Waals surface area contributed by atoms with Gasteiger partial charge in [-0.15, -0.1) is 0 Å². The maximum atomic E-state index is 13.8. The monoisotopic (exact) mass is 599 g/mol. The van der Waals surface area contributed by atoms with Crippen molar-refractivity contribution in [3.8, 4) is 11.3 Å². The number of aromatic nitrogens is 1. The number of nitrogens with one attached hydrogen (secondary N) is 1. The highest BCUT2D eigenvalue weighted by Crippen LogP contribution is 2.37. The van der Waals surface area contributed by atoms with Crippen LogP contribution in [0.2, 0.25) is 0 Å². The first-order valence-corrected chi connectivity index (χ1v) is 16.4. The molecule has 9 heteroatoms. The SMILES string of the molecule is Cn1c(-c2ccccc2)cc2cc(S(=O)(=O)N[C@H]3CC[C@H](C(=O)N4CC(C(=O)O)CCC4c4ccccc4)CC3)ccc21. The molecule has 1 aromatic heterocycles. The summed E-state index contributed by atoms with van der Waals surface area (Å²) in [5.41, 5.74) is 4.05. The zero-order chi connectivity index (χ0) is 30.1. The molecule has 224 valence electrons. The number of sulfonamides is 1. The van der Waals surface area contributed by atoms with Crippen LogP contribution in [-0.4, -0.2) is 47.5 Å². The maximum Gasteiger partial charge on any atom is 0.308 e. The van der Waals surface area contributed by atoms with E-state index in [9.17, 15) is 23.1 Å². The van der Waals surface area contributed by atoms with E-state index in [2.05, 4.69) is 9.29 Å². The molecular weight excluding hydrogens is 562 g/mol. The van der Waals surface area contributed by atoms with Gasteiger partial charge in [0, 0.05) is 42.1 Å². The first-order chi connectivity index (χ1) is 20.7. The van der Waals surface area contributed by atoms with Crippen molar-refractivity contribution in [2.75, 3.05) is 6.54 Å². The lowest BCUT2D eigenvalue weighted by molar-refractivity contribution is -0.149. The highest BCUT2D eigenvalue weighted by atomic mass is 32.2. The Balaban J connectivity index is 1.13. The zero-order valence-electron chi connectivity index (χ0n) is 24.2. The molecule has 6 rings (SSSR count). The minimum atomic E-state index is -3.76. The quantitative estimate of drug-likeness (QED) is 0.281. The summed E-state index contributed by atoms with van der Waals surface area (Å²) in [6.07, 6.45) is 3.36. The molecule has 43 heavy (non-hydrogen) atoms. The number of aliphatic carboxylic acids is 1. The van der Waals surface area contributed by atoms with Crippen LogP contribution in [0.15, 0.2) is 89.8 Å². The predicted octanol–water partition coefficient (Wildman–Crippen LogP) is 5.75. The van der Waals surface area contributed by atoms with Gasteiger partial charge in [0.05, 0.1) is 16.9 Å². The van der Waals surface area contributed by atoms with Crippen molar-refractivity contribution in [3.05, 3.63) is 90.5 Å². The van der Waals surface area contributed by atoms with E-state index < -0.39 is 21.9 Å². The van der Waals surface area contributed by atoms with E-state index in [-0.39, 0.29) is 35.3 Å². The van der Waals surface area contributed by atoms with Crippen LogP contribution in [0, 0.1) is 11.8 Å². The van der Waals surface area contributed by atoms with Crippen molar-refractivity contribution in [2.45, 2.75) is 55.5 Å². The van der Waals surface area contributed by atoms with Gasteiger partial charge in [0.25, 0.3) is 0 Å². The predicted molar refractivity (Wildman–Crippen MR) is 166 cm³/mol. The second kappa shape index (κ2) is 12.0. The summed E-state index contributed by atoms with van der Waals surface area (Å²) in [5.74, 6) is -1.72. The van der Waals surface area contributed by atoms with Gasteiger partial charge in [-0.25, -0.2) is 13.1 Å². The van der Waals surface area contributed by atoms with Crippen LogP contribution < -0.4 is 4.72 Å². The molecule has 2 N–H and O–H groups in total. The summed E-state index contributed by atoms with van der Waals surface area (Å²) < 4.78 is 31.8. The third kappa shape index (κ3) is 5.96. The largest absolute Gasteiger partial charge is 0.481 e. The number of fused-ring (bicyclic) bond motifs is 1. The van der Waals surface area contributed by atoms with E-state index in [1.54, 1.807) is 17.0 Å². The third-order valence-corrected chi connectivity index (χ3v) is 10.7. The van der Waals surface area contributed by atoms with Gasteiger partial charge >= 0.3 is 5.97 Å². The summed E-state index contributed by atoms with van der Waals surface area (Å²) >= 11 is 0. The summed E-state index contributed by atoms with van der Waals surface area (Å²) in [6, 6.07) is 26.6. The van der Waals surface area contributed by atoms with E-state index in [0.717, 1.165) is 27.7 Å².